The molecule has 32 heavy (non-hydrogen) atoms. The maximum absolute atomic E-state index is 13.2. The van der Waals surface area contributed by atoms with E-state index >= 15 is 0 Å². The van der Waals surface area contributed by atoms with Gasteiger partial charge in [-0.2, -0.15) is 0 Å². The van der Waals surface area contributed by atoms with Crippen molar-refractivity contribution >= 4 is 50.2 Å². The van der Waals surface area contributed by atoms with Crippen LogP contribution < -0.4 is 15.8 Å². The van der Waals surface area contributed by atoms with Gasteiger partial charge in [0.1, 0.15) is 0 Å². The van der Waals surface area contributed by atoms with Crippen LogP contribution in [0.1, 0.15) is 50.3 Å². The number of carbonyl (C=O) groups excluding carboxylic acids is 1. The molecule has 3 heterocycles. The number of hydrogen-bond acceptors (Lipinski definition) is 7. The average Bonchev–Trinajstić information content (AvgIpc) is 3.16. The Kier molecular flexibility index (Phi) is 6.85. The molecule has 0 saturated carbocycles. The Balaban J connectivity index is 1.57. The van der Waals surface area contributed by atoms with E-state index in [4.69, 9.17) is 4.98 Å². The highest BCUT2D eigenvalue weighted by molar-refractivity contribution is 7.99. The van der Waals surface area contributed by atoms with Gasteiger partial charge in [0.15, 0.2) is 20.6 Å². The SMILES string of the molecule is Cc1cc(C)cc(NC(=O)CSc2nc3sc(N4CCCCC4)nc3c(=O)n2C(C)C)c1. The molecule has 1 saturated heterocycles. The van der Waals surface area contributed by atoms with Crippen molar-refractivity contribution < 1.29 is 4.79 Å². The fourth-order valence-electron chi connectivity index (χ4n) is 4.01. The van der Waals surface area contributed by atoms with E-state index in [1.807, 2.05) is 39.8 Å². The summed E-state index contributed by atoms with van der Waals surface area (Å²) >= 11 is 2.76. The number of benzene rings is 1. The van der Waals surface area contributed by atoms with Gasteiger partial charge in [0.25, 0.3) is 5.56 Å². The first-order valence-electron chi connectivity index (χ1n) is 11.0. The highest BCUT2D eigenvalue weighted by Gasteiger charge is 2.21. The van der Waals surface area contributed by atoms with Crippen LogP contribution >= 0.6 is 23.1 Å². The van der Waals surface area contributed by atoms with E-state index in [2.05, 4.69) is 21.3 Å². The number of amides is 1. The molecule has 0 spiro atoms. The minimum atomic E-state index is -0.137. The van der Waals surface area contributed by atoms with E-state index < -0.39 is 0 Å². The van der Waals surface area contributed by atoms with Crippen molar-refractivity contribution in [2.75, 3.05) is 29.1 Å². The van der Waals surface area contributed by atoms with Crippen LogP contribution in [0.4, 0.5) is 10.8 Å². The number of rotatable bonds is 6. The largest absolute Gasteiger partial charge is 0.348 e. The van der Waals surface area contributed by atoms with E-state index in [1.54, 1.807) is 4.57 Å². The predicted molar refractivity (Wildman–Crippen MR) is 133 cm³/mol. The third kappa shape index (κ3) is 4.99. The van der Waals surface area contributed by atoms with Crippen molar-refractivity contribution in [3.05, 3.63) is 39.7 Å². The molecule has 1 amide bonds. The lowest BCUT2D eigenvalue weighted by Gasteiger charge is -2.25. The molecule has 4 rings (SSSR count). The van der Waals surface area contributed by atoms with E-state index in [9.17, 15) is 9.59 Å². The molecule has 9 heteroatoms. The molecule has 0 radical (unpaired) electrons. The predicted octanol–water partition coefficient (Wildman–Crippen LogP) is 4.77. The minimum absolute atomic E-state index is 0.0791. The van der Waals surface area contributed by atoms with Gasteiger partial charge in [0, 0.05) is 24.8 Å². The topological polar surface area (TPSA) is 80.1 Å². The normalized spacial score (nSPS) is 14.3. The van der Waals surface area contributed by atoms with Gasteiger partial charge in [-0.25, -0.2) is 9.97 Å². The second-order valence-electron chi connectivity index (χ2n) is 8.57. The number of aryl methyl sites for hydroxylation is 2. The molecule has 0 unspecified atom stereocenters. The Labute approximate surface area is 196 Å². The Morgan fingerprint density at radius 1 is 1.12 bits per heavy atom. The summed E-state index contributed by atoms with van der Waals surface area (Å²) in [6.07, 6.45) is 3.54. The molecule has 1 N–H and O–H groups in total. The van der Waals surface area contributed by atoms with Crippen LogP contribution in [0.2, 0.25) is 0 Å². The summed E-state index contributed by atoms with van der Waals surface area (Å²) in [4.78, 5) is 38.1. The van der Waals surface area contributed by atoms with Crippen LogP contribution in [0.5, 0.6) is 0 Å². The second-order valence-corrected chi connectivity index (χ2v) is 10.5. The highest BCUT2D eigenvalue weighted by atomic mass is 32.2. The summed E-state index contributed by atoms with van der Waals surface area (Å²) in [5.74, 6) is 0.0538. The number of piperidine rings is 1. The highest BCUT2D eigenvalue weighted by Crippen LogP contribution is 2.30. The molecule has 1 aromatic carbocycles. The number of nitrogens with one attached hydrogen (secondary N) is 1. The molecular weight excluding hydrogens is 442 g/mol. The number of thioether (sulfide) groups is 1. The van der Waals surface area contributed by atoms with Gasteiger partial charge in [-0.1, -0.05) is 29.2 Å². The second kappa shape index (κ2) is 9.62. The Morgan fingerprint density at radius 3 is 2.47 bits per heavy atom. The Morgan fingerprint density at radius 2 is 1.81 bits per heavy atom. The van der Waals surface area contributed by atoms with Crippen molar-refractivity contribution in [3.63, 3.8) is 0 Å². The number of carbonyl (C=O) groups is 1. The Hall–Kier alpha value is -2.39. The number of nitrogens with zero attached hydrogens (tertiary/aromatic N) is 4. The molecular formula is C23H29N5O2S2. The zero-order valence-corrected chi connectivity index (χ0v) is 20.6. The molecule has 2 aromatic heterocycles. The number of thiazole rings is 1. The molecule has 1 aliphatic heterocycles. The third-order valence-corrected chi connectivity index (χ3v) is 7.37. The van der Waals surface area contributed by atoms with Crippen LogP contribution in [0.15, 0.2) is 28.2 Å². The third-order valence-electron chi connectivity index (χ3n) is 5.40. The van der Waals surface area contributed by atoms with Crippen molar-refractivity contribution in [3.8, 4) is 0 Å². The van der Waals surface area contributed by atoms with Crippen molar-refractivity contribution in [2.45, 2.75) is 58.2 Å². The minimum Gasteiger partial charge on any atom is -0.348 e. The van der Waals surface area contributed by atoms with Crippen LogP contribution in [0.3, 0.4) is 0 Å². The maximum Gasteiger partial charge on any atom is 0.281 e. The Bertz CT molecular complexity index is 1170. The van der Waals surface area contributed by atoms with Crippen LogP contribution in [0.25, 0.3) is 10.3 Å². The van der Waals surface area contributed by atoms with Gasteiger partial charge in [-0.3, -0.25) is 14.2 Å². The summed E-state index contributed by atoms with van der Waals surface area (Å²) in [5.41, 5.74) is 3.27. The first-order chi connectivity index (χ1) is 15.3. The molecule has 0 atom stereocenters. The monoisotopic (exact) mass is 471 g/mol. The quantitative estimate of drug-likeness (QED) is 0.412. The molecule has 1 fully saturated rings. The molecule has 7 nitrogen and oxygen atoms in total. The van der Waals surface area contributed by atoms with E-state index in [0.29, 0.717) is 15.5 Å². The van der Waals surface area contributed by atoms with Gasteiger partial charge in [-0.05, 0) is 70.2 Å². The molecule has 170 valence electrons. The van der Waals surface area contributed by atoms with Crippen LogP contribution in [-0.2, 0) is 4.79 Å². The van der Waals surface area contributed by atoms with Gasteiger partial charge < -0.3 is 10.2 Å². The molecule has 0 bridgehead atoms. The van der Waals surface area contributed by atoms with Crippen LogP contribution in [-0.4, -0.2) is 39.3 Å². The summed E-state index contributed by atoms with van der Waals surface area (Å²) in [7, 11) is 0. The average molecular weight is 472 g/mol. The van der Waals surface area contributed by atoms with Gasteiger partial charge in [-0.15, -0.1) is 0 Å². The lowest BCUT2D eigenvalue weighted by Crippen LogP contribution is -2.29. The zero-order chi connectivity index (χ0) is 22.8. The lowest BCUT2D eigenvalue weighted by atomic mass is 10.1. The van der Waals surface area contributed by atoms with Crippen LogP contribution in [0, 0.1) is 13.8 Å². The fraction of sp³-hybridized carbons (Fsp3) is 0.478. The first kappa shape index (κ1) is 22.8. The van der Waals surface area contributed by atoms with E-state index in [1.165, 1.54) is 29.5 Å². The number of aromatic nitrogens is 3. The zero-order valence-electron chi connectivity index (χ0n) is 19.0. The summed E-state index contributed by atoms with van der Waals surface area (Å²) in [5, 5.41) is 4.38. The van der Waals surface area contributed by atoms with Gasteiger partial charge >= 0.3 is 0 Å². The summed E-state index contributed by atoms with van der Waals surface area (Å²) < 4.78 is 1.65. The number of hydrogen-bond donors (Lipinski definition) is 1. The first-order valence-corrected chi connectivity index (χ1v) is 12.8. The molecule has 0 aliphatic carbocycles. The lowest BCUT2D eigenvalue weighted by molar-refractivity contribution is -0.113. The number of anilines is 2. The summed E-state index contributed by atoms with van der Waals surface area (Å²) in [6, 6.07) is 5.88. The van der Waals surface area contributed by atoms with Crippen molar-refractivity contribution in [2.24, 2.45) is 0 Å². The van der Waals surface area contributed by atoms with Gasteiger partial charge in [0.05, 0.1) is 5.75 Å². The van der Waals surface area contributed by atoms with Crippen molar-refractivity contribution in [1.82, 2.24) is 14.5 Å². The van der Waals surface area contributed by atoms with E-state index in [-0.39, 0.29) is 23.3 Å². The van der Waals surface area contributed by atoms with Gasteiger partial charge in [0.2, 0.25) is 5.91 Å². The summed E-state index contributed by atoms with van der Waals surface area (Å²) in [6.45, 7) is 9.85. The smallest absolute Gasteiger partial charge is 0.281 e. The maximum atomic E-state index is 13.2. The van der Waals surface area contributed by atoms with E-state index in [0.717, 1.165) is 47.9 Å². The molecule has 3 aromatic rings. The fourth-order valence-corrected chi connectivity index (χ4v) is 5.97. The standard InChI is InChI=1S/C23H29N5O2S2/c1-14(2)28-21(30)19-20(32-22(25-19)27-8-6-5-7-9-27)26-23(28)31-13-18(29)24-17-11-15(3)10-16(4)12-17/h10-12,14H,5-9,13H2,1-4H3,(H,24,29). The number of fused-ring (bicyclic) bond motifs is 1. The molecule has 1 aliphatic rings. The van der Waals surface area contributed by atoms with Crippen molar-refractivity contribution in [1.29, 1.82) is 0 Å².